The maximum atomic E-state index is 9.75. The average molecular weight is 714 g/mol. The molecule has 0 atom stereocenters. The van der Waals surface area contributed by atoms with Gasteiger partial charge in [0.15, 0.2) is 0 Å². The molecule has 5 aromatic carbocycles. The molecule has 0 aliphatic rings. The van der Waals surface area contributed by atoms with Crippen LogP contribution < -0.4 is 0 Å². The van der Waals surface area contributed by atoms with Gasteiger partial charge in [-0.25, -0.2) is 8.83 Å². The van der Waals surface area contributed by atoms with Crippen molar-refractivity contribution in [2.75, 3.05) is 0 Å². The van der Waals surface area contributed by atoms with Gasteiger partial charge in [-0.05, 0) is 65.7 Å². The molecule has 0 fully saturated rings. The van der Waals surface area contributed by atoms with E-state index >= 15 is 0 Å². The second-order valence-corrected chi connectivity index (χ2v) is 11.2. The second kappa shape index (κ2) is 16.8. The van der Waals surface area contributed by atoms with E-state index in [1.807, 2.05) is 72.8 Å². The standard InChI is InChI=1S/C40H28O2.2BF4/c1-5-14-29(15-6-1)37-25-35(26-38(41-37)30-16-7-2-8-17-30)33-22-13-23-34(24-33)36-27-39(31-18-9-3-10-19-31)42-40(28-36)32-20-11-4-12-21-32;2*2-1(3,4)5/h1-28H;;/q+2;2*-1. The van der Waals surface area contributed by atoms with Gasteiger partial charge < -0.3 is 34.5 Å². The van der Waals surface area contributed by atoms with E-state index in [0.717, 1.165) is 67.5 Å². The Balaban J connectivity index is 0.000000464. The van der Waals surface area contributed by atoms with Crippen LogP contribution in [-0.2, 0) is 0 Å². The van der Waals surface area contributed by atoms with Crippen LogP contribution in [0.1, 0.15) is 0 Å². The Hall–Kier alpha value is -6.03. The summed E-state index contributed by atoms with van der Waals surface area (Å²) in [5.41, 5.74) is 8.56. The van der Waals surface area contributed by atoms with Crippen LogP contribution in [0.3, 0.4) is 0 Å². The first-order valence-corrected chi connectivity index (χ1v) is 15.8. The van der Waals surface area contributed by atoms with E-state index in [2.05, 4.69) is 97.1 Å². The van der Waals surface area contributed by atoms with Crippen molar-refractivity contribution in [1.29, 1.82) is 0 Å². The molecule has 7 aromatic rings. The summed E-state index contributed by atoms with van der Waals surface area (Å²) in [5.74, 6) is 3.31. The minimum absolute atomic E-state index is 0.827. The lowest BCUT2D eigenvalue weighted by Crippen LogP contribution is -2.02. The monoisotopic (exact) mass is 714 g/mol. The highest BCUT2D eigenvalue weighted by atomic mass is 19.5. The molecule has 2 aromatic heterocycles. The zero-order chi connectivity index (χ0) is 37.1. The molecule has 0 unspecified atom stereocenters. The molecule has 0 aliphatic heterocycles. The molecule has 0 amide bonds. The van der Waals surface area contributed by atoms with Crippen LogP contribution in [0, 0.1) is 0 Å². The Morgan fingerprint density at radius 2 is 0.462 bits per heavy atom. The molecular weight excluding hydrogens is 686 g/mol. The fourth-order valence-corrected chi connectivity index (χ4v) is 5.19. The zero-order valence-corrected chi connectivity index (χ0v) is 27.2. The lowest BCUT2D eigenvalue weighted by atomic mass is 9.96. The quantitative estimate of drug-likeness (QED) is 0.0972. The predicted molar refractivity (Wildman–Crippen MR) is 193 cm³/mol. The molecule has 0 N–H and O–H groups in total. The molecule has 0 spiro atoms. The van der Waals surface area contributed by atoms with Crippen molar-refractivity contribution in [3.05, 3.63) is 170 Å². The van der Waals surface area contributed by atoms with E-state index in [4.69, 9.17) is 8.83 Å². The highest BCUT2D eigenvalue weighted by Gasteiger charge is 2.23. The maximum Gasteiger partial charge on any atom is 0.673 e. The smallest absolute Gasteiger partial charge is 0.418 e. The zero-order valence-electron chi connectivity index (χ0n) is 27.2. The number of rotatable bonds is 6. The van der Waals surface area contributed by atoms with Crippen molar-refractivity contribution in [2.45, 2.75) is 0 Å². The van der Waals surface area contributed by atoms with E-state index in [-0.39, 0.29) is 0 Å². The Kier molecular flexibility index (Phi) is 12.0. The highest BCUT2D eigenvalue weighted by Crippen LogP contribution is 2.37. The predicted octanol–water partition coefficient (Wildman–Crippen LogP) is 14.0. The molecule has 0 radical (unpaired) electrons. The highest BCUT2D eigenvalue weighted by molar-refractivity contribution is 6.50. The third-order valence-electron chi connectivity index (χ3n) is 7.35. The van der Waals surface area contributed by atoms with Gasteiger partial charge in [0.1, 0.15) is 0 Å². The van der Waals surface area contributed by atoms with Crippen molar-refractivity contribution in [1.82, 2.24) is 0 Å². The van der Waals surface area contributed by atoms with Crippen molar-refractivity contribution < 1.29 is 43.4 Å². The second-order valence-electron chi connectivity index (χ2n) is 11.2. The minimum Gasteiger partial charge on any atom is -0.418 e. The summed E-state index contributed by atoms with van der Waals surface area (Å²) in [6.07, 6.45) is 0. The van der Waals surface area contributed by atoms with Crippen molar-refractivity contribution in [3.8, 4) is 67.5 Å². The molecule has 7 rings (SSSR count). The molecule has 0 saturated carbocycles. The van der Waals surface area contributed by atoms with E-state index in [1.54, 1.807) is 0 Å². The van der Waals surface area contributed by atoms with E-state index in [1.165, 1.54) is 0 Å². The molecule has 2 heterocycles. The number of hydrogen-bond donors (Lipinski definition) is 0. The third-order valence-corrected chi connectivity index (χ3v) is 7.35. The van der Waals surface area contributed by atoms with Gasteiger partial charge in [0.05, 0.1) is 46.5 Å². The van der Waals surface area contributed by atoms with Gasteiger partial charge in [0.2, 0.25) is 0 Å². The molecule has 0 bridgehead atoms. The van der Waals surface area contributed by atoms with E-state index < -0.39 is 14.5 Å². The molecule has 0 aliphatic carbocycles. The summed E-state index contributed by atoms with van der Waals surface area (Å²) in [6.45, 7) is 0. The van der Waals surface area contributed by atoms with Gasteiger partial charge in [-0.1, -0.05) is 91.0 Å². The first-order chi connectivity index (χ1) is 24.8. The average Bonchev–Trinajstić information content (AvgIpc) is 3.15. The molecular formula is C40H28B2F8O2. The number of halogens is 8. The van der Waals surface area contributed by atoms with Crippen molar-refractivity contribution in [3.63, 3.8) is 0 Å². The van der Waals surface area contributed by atoms with Crippen LogP contribution in [0.5, 0.6) is 0 Å². The normalized spacial score (nSPS) is 11.1. The largest absolute Gasteiger partial charge is 0.673 e. The number of benzene rings is 5. The van der Waals surface area contributed by atoms with E-state index in [0.29, 0.717) is 0 Å². The van der Waals surface area contributed by atoms with Crippen LogP contribution in [0.15, 0.2) is 179 Å². The van der Waals surface area contributed by atoms with Crippen LogP contribution in [0.4, 0.5) is 34.5 Å². The van der Waals surface area contributed by atoms with Gasteiger partial charge in [0, 0.05) is 11.1 Å². The lowest BCUT2D eigenvalue weighted by Gasteiger charge is -2.07. The minimum atomic E-state index is -6.00. The first kappa shape index (κ1) is 37.2. The summed E-state index contributed by atoms with van der Waals surface area (Å²) < 4.78 is 90.9. The van der Waals surface area contributed by atoms with E-state index in [9.17, 15) is 34.5 Å². The van der Waals surface area contributed by atoms with Gasteiger partial charge in [-0.3, -0.25) is 0 Å². The molecule has 12 heteroatoms. The SMILES string of the molecule is F[B-](F)(F)F.F[B-](F)(F)F.c1ccc(-c2cc(-c3cccc(-c4cc(-c5ccccc5)[o+]c(-c5ccccc5)c4)c3)cc(-c3ccccc3)[o+]2)cc1. The van der Waals surface area contributed by atoms with Gasteiger partial charge >= 0.3 is 37.5 Å². The topological polar surface area (TPSA) is 22.6 Å². The van der Waals surface area contributed by atoms with Crippen LogP contribution in [-0.4, -0.2) is 14.5 Å². The lowest BCUT2D eigenvalue weighted by molar-refractivity contribution is 0.366. The molecule has 52 heavy (non-hydrogen) atoms. The van der Waals surface area contributed by atoms with Crippen LogP contribution in [0.25, 0.3) is 67.5 Å². The van der Waals surface area contributed by atoms with Gasteiger partial charge in [0.25, 0.3) is 0 Å². The summed E-state index contributed by atoms with van der Waals surface area (Å²) in [5, 5.41) is 0. The summed E-state index contributed by atoms with van der Waals surface area (Å²) >= 11 is 0. The van der Waals surface area contributed by atoms with Crippen molar-refractivity contribution >= 4 is 14.5 Å². The Morgan fingerprint density at radius 3 is 0.692 bits per heavy atom. The molecule has 262 valence electrons. The molecule has 0 saturated heterocycles. The Bertz CT molecular complexity index is 1900. The third kappa shape index (κ3) is 11.5. The summed E-state index contributed by atoms with van der Waals surface area (Å²) in [6, 6.07) is 58.2. The van der Waals surface area contributed by atoms with Gasteiger partial charge in [-0.2, -0.15) is 0 Å². The summed E-state index contributed by atoms with van der Waals surface area (Å²) in [7, 11) is -12.0. The molecule has 2 nitrogen and oxygen atoms in total. The Labute approximate surface area is 294 Å². The van der Waals surface area contributed by atoms with Gasteiger partial charge in [-0.15, -0.1) is 0 Å². The van der Waals surface area contributed by atoms with Crippen LogP contribution in [0.2, 0.25) is 0 Å². The first-order valence-electron chi connectivity index (χ1n) is 15.8. The maximum absolute atomic E-state index is 9.75. The van der Waals surface area contributed by atoms with Crippen LogP contribution >= 0.6 is 0 Å². The Morgan fingerprint density at radius 1 is 0.250 bits per heavy atom. The fourth-order valence-electron chi connectivity index (χ4n) is 5.19. The fraction of sp³-hybridized carbons (Fsp3) is 0. The van der Waals surface area contributed by atoms with Crippen molar-refractivity contribution in [2.24, 2.45) is 0 Å². The number of hydrogen-bond acceptors (Lipinski definition) is 0. The summed E-state index contributed by atoms with van der Waals surface area (Å²) in [4.78, 5) is 0.